The standard InChI is InChI=1S/C19H27N5O/c1-16-13-23(15-17-7-4-3-5-8-17)9-6-10-24(16)19(25)20-11-18-12-21-22(2)14-18/h3-5,7-8,12,14,16H,6,9-11,13,15H2,1-2H3,(H,20,25). The highest BCUT2D eigenvalue weighted by molar-refractivity contribution is 5.74. The lowest BCUT2D eigenvalue weighted by Gasteiger charge is -2.29. The molecule has 6 nitrogen and oxygen atoms in total. The summed E-state index contributed by atoms with van der Waals surface area (Å²) in [5, 5.41) is 7.15. The van der Waals surface area contributed by atoms with Crippen molar-refractivity contribution in [3.8, 4) is 0 Å². The van der Waals surface area contributed by atoms with Crippen LogP contribution in [0, 0.1) is 0 Å². The second-order valence-corrected chi connectivity index (χ2v) is 6.80. The van der Waals surface area contributed by atoms with Crippen LogP contribution in [0.1, 0.15) is 24.5 Å². The first-order valence-corrected chi connectivity index (χ1v) is 8.90. The summed E-state index contributed by atoms with van der Waals surface area (Å²) in [7, 11) is 1.88. The third kappa shape index (κ3) is 4.82. The summed E-state index contributed by atoms with van der Waals surface area (Å²) in [6, 6.07) is 10.7. The van der Waals surface area contributed by atoms with Crippen LogP contribution in [0.5, 0.6) is 0 Å². The molecule has 2 heterocycles. The Bertz CT molecular complexity index is 684. The lowest BCUT2D eigenvalue weighted by Crippen LogP contribution is -2.47. The van der Waals surface area contributed by atoms with E-state index in [2.05, 4.69) is 46.5 Å². The van der Waals surface area contributed by atoms with Gasteiger partial charge in [-0.05, 0) is 18.9 Å². The maximum absolute atomic E-state index is 12.6. The average molecular weight is 341 g/mol. The normalized spacial score (nSPS) is 18.8. The van der Waals surface area contributed by atoms with Gasteiger partial charge in [0.2, 0.25) is 0 Å². The summed E-state index contributed by atoms with van der Waals surface area (Å²) in [5.74, 6) is 0. The number of carbonyl (C=O) groups is 1. The Morgan fingerprint density at radius 3 is 2.76 bits per heavy atom. The van der Waals surface area contributed by atoms with E-state index < -0.39 is 0 Å². The van der Waals surface area contributed by atoms with Gasteiger partial charge in [-0.25, -0.2) is 4.79 Å². The van der Waals surface area contributed by atoms with Crippen LogP contribution in [0.2, 0.25) is 0 Å². The molecule has 0 radical (unpaired) electrons. The number of benzene rings is 1. The number of hydrogen-bond acceptors (Lipinski definition) is 3. The van der Waals surface area contributed by atoms with Crippen LogP contribution in [0.25, 0.3) is 0 Å². The minimum Gasteiger partial charge on any atom is -0.334 e. The maximum Gasteiger partial charge on any atom is 0.317 e. The van der Waals surface area contributed by atoms with Crippen LogP contribution in [0.3, 0.4) is 0 Å². The molecule has 1 aromatic carbocycles. The first kappa shape index (κ1) is 17.5. The quantitative estimate of drug-likeness (QED) is 0.928. The first-order chi connectivity index (χ1) is 12.1. The Balaban J connectivity index is 1.53. The van der Waals surface area contributed by atoms with Crippen LogP contribution in [-0.2, 0) is 20.1 Å². The molecule has 1 N–H and O–H groups in total. The highest BCUT2D eigenvalue weighted by Gasteiger charge is 2.25. The lowest BCUT2D eigenvalue weighted by atomic mass is 10.2. The highest BCUT2D eigenvalue weighted by Crippen LogP contribution is 2.13. The summed E-state index contributed by atoms with van der Waals surface area (Å²) in [6.45, 7) is 6.30. The number of nitrogens with one attached hydrogen (secondary N) is 1. The first-order valence-electron chi connectivity index (χ1n) is 8.90. The molecule has 134 valence electrons. The molecule has 1 aromatic heterocycles. The summed E-state index contributed by atoms with van der Waals surface area (Å²) in [5.41, 5.74) is 2.34. The fourth-order valence-electron chi connectivity index (χ4n) is 3.38. The molecule has 1 saturated heterocycles. The monoisotopic (exact) mass is 341 g/mol. The molecule has 2 amide bonds. The Labute approximate surface area is 149 Å². The van der Waals surface area contributed by atoms with Crippen molar-refractivity contribution in [2.75, 3.05) is 19.6 Å². The summed E-state index contributed by atoms with van der Waals surface area (Å²) in [4.78, 5) is 17.0. The number of aryl methyl sites for hydroxylation is 1. The Morgan fingerprint density at radius 2 is 2.04 bits per heavy atom. The molecule has 1 aliphatic heterocycles. The van der Waals surface area contributed by atoms with Gasteiger partial charge in [-0.15, -0.1) is 0 Å². The molecular formula is C19H27N5O. The van der Waals surface area contributed by atoms with E-state index in [1.165, 1.54) is 5.56 Å². The molecule has 25 heavy (non-hydrogen) atoms. The molecule has 6 heteroatoms. The van der Waals surface area contributed by atoms with Gasteiger partial charge in [-0.3, -0.25) is 9.58 Å². The molecule has 1 aliphatic rings. The molecule has 0 spiro atoms. The summed E-state index contributed by atoms with van der Waals surface area (Å²) < 4.78 is 1.75. The number of aromatic nitrogens is 2. The van der Waals surface area contributed by atoms with Gasteiger partial charge in [0.05, 0.1) is 6.20 Å². The Kier molecular flexibility index (Phi) is 5.71. The predicted octanol–water partition coefficient (Wildman–Crippen LogP) is 2.23. The number of nitrogens with zero attached hydrogens (tertiary/aromatic N) is 4. The van der Waals surface area contributed by atoms with Gasteiger partial charge in [0, 0.05) is 57.6 Å². The fourth-order valence-corrected chi connectivity index (χ4v) is 3.38. The SMILES string of the molecule is CC1CN(Cc2ccccc2)CCCN1C(=O)NCc1cnn(C)c1. The number of rotatable bonds is 4. The van der Waals surface area contributed by atoms with E-state index in [1.807, 2.05) is 24.2 Å². The van der Waals surface area contributed by atoms with Crippen LogP contribution in [0.15, 0.2) is 42.7 Å². The van der Waals surface area contributed by atoms with Gasteiger partial charge in [0.1, 0.15) is 0 Å². The minimum absolute atomic E-state index is 0.0120. The third-order valence-corrected chi connectivity index (χ3v) is 4.64. The van der Waals surface area contributed by atoms with Crippen molar-refractivity contribution in [1.29, 1.82) is 0 Å². The second-order valence-electron chi connectivity index (χ2n) is 6.80. The number of amides is 2. The van der Waals surface area contributed by atoms with Crippen molar-refractivity contribution < 1.29 is 4.79 Å². The van der Waals surface area contributed by atoms with Gasteiger partial charge >= 0.3 is 6.03 Å². The van der Waals surface area contributed by atoms with Crippen molar-refractivity contribution in [2.45, 2.75) is 32.5 Å². The number of carbonyl (C=O) groups excluding carboxylic acids is 1. The molecule has 3 rings (SSSR count). The van der Waals surface area contributed by atoms with E-state index in [0.717, 1.165) is 38.2 Å². The van der Waals surface area contributed by atoms with E-state index in [-0.39, 0.29) is 12.1 Å². The van der Waals surface area contributed by atoms with Gasteiger partial charge in [0.15, 0.2) is 0 Å². The van der Waals surface area contributed by atoms with Gasteiger partial charge in [0.25, 0.3) is 0 Å². The molecule has 1 unspecified atom stereocenters. The van der Waals surface area contributed by atoms with E-state index in [1.54, 1.807) is 10.9 Å². The van der Waals surface area contributed by atoms with Crippen molar-refractivity contribution in [3.05, 3.63) is 53.9 Å². The van der Waals surface area contributed by atoms with E-state index in [9.17, 15) is 4.79 Å². The zero-order valence-electron chi connectivity index (χ0n) is 15.1. The van der Waals surface area contributed by atoms with Crippen molar-refractivity contribution >= 4 is 6.03 Å². The Morgan fingerprint density at radius 1 is 1.24 bits per heavy atom. The van der Waals surface area contributed by atoms with E-state index in [4.69, 9.17) is 0 Å². The van der Waals surface area contributed by atoms with Crippen LogP contribution < -0.4 is 5.32 Å². The van der Waals surface area contributed by atoms with E-state index >= 15 is 0 Å². The van der Waals surface area contributed by atoms with Crippen molar-refractivity contribution in [3.63, 3.8) is 0 Å². The fraction of sp³-hybridized carbons (Fsp3) is 0.474. The second kappa shape index (κ2) is 8.16. The zero-order chi connectivity index (χ0) is 17.6. The maximum atomic E-state index is 12.6. The largest absolute Gasteiger partial charge is 0.334 e. The van der Waals surface area contributed by atoms with Crippen LogP contribution in [-0.4, -0.2) is 51.3 Å². The molecule has 0 bridgehead atoms. The Hall–Kier alpha value is -2.34. The summed E-state index contributed by atoms with van der Waals surface area (Å²) >= 11 is 0. The van der Waals surface area contributed by atoms with Gasteiger partial charge in [-0.1, -0.05) is 30.3 Å². The van der Waals surface area contributed by atoms with Crippen molar-refractivity contribution in [2.24, 2.45) is 7.05 Å². The topological polar surface area (TPSA) is 53.4 Å². The molecule has 0 saturated carbocycles. The highest BCUT2D eigenvalue weighted by atomic mass is 16.2. The predicted molar refractivity (Wildman–Crippen MR) is 97.9 cm³/mol. The lowest BCUT2D eigenvalue weighted by molar-refractivity contribution is 0.172. The van der Waals surface area contributed by atoms with Crippen LogP contribution >= 0.6 is 0 Å². The van der Waals surface area contributed by atoms with Gasteiger partial charge < -0.3 is 10.2 Å². The molecule has 0 aliphatic carbocycles. The molecule has 2 aromatic rings. The number of urea groups is 1. The van der Waals surface area contributed by atoms with Crippen LogP contribution in [0.4, 0.5) is 4.79 Å². The molecule has 1 fully saturated rings. The van der Waals surface area contributed by atoms with E-state index in [0.29, 0.717) is 6.54 Å². The minimum atomic E-state index is 0.0120. The average Bonchev–Trinajstić information content (AvgIpc) is 2.93. The third-order valence-electron chi connectivity index (χ3n) is 4.64. The smallest absolute Gasteiger partial charge is 0.317 e. The summed E-state index contributed by atoms with van der Waals surface area (Å²) in [6.07, 6.45) is 4.71. The zero-order valence-corrected chi connectivity index (χ0v) is 15.1. The van der Waals surface area contributed by atoms with Gasteiger partial charge in [-0.2, -0.15) is 5.10 Å². The molecular weight excluding hydrogens is 314 g/mol. The van der Waals surface area contributed by atoms with Crippen molar-refractivity contribution in [1.82, 2.24) is 24.9 Å². The molecule has 1 atom stereocenters. The number of hydrogen-bond donors (Lipinski definition) is 1.